The Kier molecular flexibility index (Phi) is 3.88. The molecule has 122 valence electrons. The Labute approximate surface area is 134 Å². The Morgan fingerprint density at radius 1 is 1.39 bits per heavy atom. The molecular weight excluding hydrogens is 294 g/mol. The number of fused-ring (bicyclic) bond motifs is 1. The average molecular weight is 315 g/mol. The standard InChI is InChI=1S/C18H21NO4/c1-10(2)23-15-6-4-5-13-17(15)19(12-7-8-12)11(3)14(18(13)22)9-16(20)21/h4-6,10,12H,7-9H2,1-3H3,(H,20,21). The fourth-order valence-electron chi connectivity index (χ4n) is 3.09. The minimum atomic E-state index is -0.985. The Bertz CT molecular complexity index is 831. The van der Waals surface area contributed by atoms with Gasteiger partial charge in [0.1, 0.15) is 5.75 Å². The summed E-state index contributed by atoms with van der Waals surface area (Å²) < 4.78 is 8.00. The van der Waals surface area contributed by atoms with Gasteiger partial charge in [-0.05, 0) is 45.7 Å². The van der Waals surface area contributed by atoms with Gasteiger partial charge in [0.15, 0.2) is 5.43 Å². The summed E-state index contributed by atoms with van der Waals surface area (Å²) in [6, 6.07) is 5.74. The van der Waals surface area contributed by atoms with Gasteiger partial charge in [-0.25, -0.2) is 0 Å². The highest BCUT2D eigenvalue weighted by Crippen LogP contribution is 2.40. The van der Waals surface area contributed by atoms with E-state index in [1.165, 1.54) is 0 Å². The highest BCUT2D eigenvalue weighted by Gasteiger charge is 2.29. The molecule has 0 bridgehead atoms. The van der Waals surface area contributed by atoms with Crippen LogP contribution in [0.4, 0.5) is 0 Å². The van der Waals surface area contributed by atoms with Gasteiger partial charge in [-0.1, -0.05) is 6.07 Å². The first-order valence-corrected chi connectivity index (χ1v) is 7.95. The number of aliphatic carboxylic acids is 1. The normalized spacial score (nSPS) is 14.4. The van der Waals surface area contributed by atoms with Crippen LogP contribution in [-0.4, -0.2) is 21.7 Å². The highest BCUT2D eigenvalue weighted by atomic mass is 16.5. The van der Waals surface area contributed by atoms with Crippen LogP contribution in [0.3, 0.4) is 0 Å². The van der Waals surface area contributed by atoms with Crippen molar-refractivity contribution < 1.29 is 14.6 Å². The van der Waals surface area contributed by atoms with Crippen molar-refractivity contribution in [2.75, 3.05) is 0 Å². The second kappa shape index (κ2) is 5.72. The first-order chi connectivity index (χ1) is 10.9. The second-order valence-corrected chi connectivity index (χ2v) is 6.38. The molecule has 1 heterocycles. The van der Waals surface area contributed by atoms with Crippen molar-refractivity contribution in [3.8, 4) is 5.75 Å². The third-order valence-corrected chi connectivity index (χ3v) is 4.16. The van der Waals surface area contributed by atoms with Crippen LogP contribution < -0.4 is 10.2 Å². The van der Waals surface area contributed by atoms with Gasteiger partial charge >= 0.3 is 5.97 Å². The number of benzene rings is 1. The van der Waals surface area contributed by atoms with Gasteiger partial charge in [-0.15, -0.1) is 0 Å². The Hall–Kier alpha value is -2.30. The highest BCUT2D eigenvalue weighted by molar-refractivity contribution is 5.87. The molecule has 2 aromatic rings. The van der Waals surface area contributed by atoms with Gasteiger partial charge < -0.3 is 14.4 Å². The van der Waals surface area contributed by atoms with E-state index in [2.05, 4.69) is 4.57 Å². The molecule has 1 N–H and O–H groups in total. The SMILES string of the molecule is Cc1c(CC(=O)O)c(=O)c2cccc(OC(C)C)c2n1C1CC1. The zero-order valence-electron chi connectivity index (χ0n) is 13.6. The molecule has 0 aliphatic heterocycles. The number of hydrogen-bond acceptors (Lipinski definition) is 3. The lowest BCUT2D eigenvalue weighted by Gasteiger charge is -2.21. The number of nitrogens with zero attached hydrogens (tertiary/aromatic N) is 1. The summed E-state index contributed by atoms with van der Waals surface area (Å²) in [4.78, 5) is 23.9. The lowest BCUT2D eigenvalue weighted by Crippen LogP contribution is -2.22. The maximum Gasteiger partial charge on any atom is 0.308 e. The van der Waals surface area contributed by atoms with E-state index in [0.717, 1.165) is 24.1 Å². The smallest absolute Gasteiger partial charge is 0.308 e. The predicted octanol–water partition coefficient (Wildman–Crippen LogP) is 3.06. The third kappa shape index (κ3) is 2.83. The van der Waals surface area contributed by atoms with E-state index in [1.807, 2.05) is 26.8 Å². The van der Waals surface area contributed by atoms with E-state index in [4.69, 9.17) is 9.84 Å². The van der Waals surface area contributed by atoms with E-state index in [9.17, 15) is 9.59 Å². The number of carbonyl (C=O) groups is 1. The summed E-state index contributed by atoms with van der Waals surface area (Å²) in [5.41, 5.74) is 1.71. The van der Waals surface area contributed by atoms with Crippen LogP contribution >= 0.6 is 0 Å². The van der Waals surface area contributed by atoms with E-state index in [1.54, 1.807) is 12.1 Å². The van der Waals surface area contributed by atoms with Crippen LogP contribution in [0.25, 0.3) is 10.9 Å². The summed E-state index contributed by atoms with van der Waals surface area (Å²) in [5, 5.41) is 9.67. The largest absolute Gasteiger partial charge is 0.489 e. The number of hydrogen-bond donors (Lipinski definition) is 1. The maximum absolute atomic E-state index is 12.8. The molecule has 0 unspecified atom stereocenters. The number of aromatic nitrogens is 1. The second-order valence-electron chi connectivity index (χ2n) is 6.38. The number of carboxylic acid groups (broad SMARTS) is 1. The Balaban J connectivity index is 2.36. The zero-order chi connectivity index (χ0) is 16.7. The summed E-state index contributed by atoms with van der Waals surface area (Å²) in [6.45, 7) is 5.73. The van der Waals surface area contributed by atoms with Crippen LogP contribution in [0, 0.1) is 6.92 Å². The molecule has 0 radical (unpaired) electrons. The summed E-state index contributed by atoms with van der Waals surface area (Å²) >= 11 is 0. The van der Waals surface area contributed by atoms with Gasteiger partial charge in [0.05, 0.1) is 18.0 Å². The lowest BCUT2D eigenvalue weighted by molar-refractivity contribution is -0.136. The summed E-state index contributed by atoms with van der Waals surface area (Å²) in [6.07, 6.45) is 1.84. The van der Waals surface area contributed by atoms with Crippen molar-refractivity contribution in [3.63, 3.8) is 0 Å². The topological polar surface area (TPSA) is 68.5 Å². The molecule has 0 atom stereocenters. The molecule has 5 nitrogen and oxygen atoms in total. The first-order valence-electron chi connectivity index (χ1n) is 7.95. The molecule has 1 saturated carbocycles. The first kappa shape index (κ1) is 15.6. The van der Waals surface area contributed by atoms with Crippen molar-refractivity contribution in [2.45, 2.75) is 52.2 Å². The Morgan fingerprint density at radius 3 is 2.65 bits per heavy atom. The summed E-state index contributed by atoms with van der Waals surface area (Å²) in [7, 11) is 0. The van der Waals surface area contributed by atoms with E-state index < -0.39 is 5.97 Å². The van der Waals surface area contributed by atoms with Crippen LogP contribution in [-0.2, 0) is 11.2 Å². The molecule has 1 aliphatic carbocycles. The number of rotatable bonds is 5. The quantitative estimate of drug-likeness (QED) is 0.920. The van der Waals surface area contributed by atoms with E-state index in [0.29, 0.717) is 22.7 Å². The molecule has 1 fully saturated rings. The molecule has 0 spiro atoms. The zero-order valence-corrected chi connectivity index (χ0v) is 13.6. The van der Waals surface area contributed by atoms with Crippen LogP contribution in [0.5, 0.6) is 5.75 Å². The molecule has 0 saturated heterocycles. The molecule has 0 amide bonds. The Morgan fingerprint density at radius 2 is 2.09 bits per heavy atom. The minimum absolute atomic E-state index is 0.00218. The predicted molar refractivity (Wildman–Crippen MR) is 88.3 cm³/mol. The van der Waals surface area contributed by atoms with Crippen molar-refractivity contribution in [1.29, 1.82) is 0 Å². The van der Waals surface area contributed by atoms with Gasteiger partial charge in [0.25, 0.3) is 0 Å². The van der Waals surface area contributed by atoms with Crippen molar-refractivity contribution in [2.24, 2.45) is 0 Å². The molecule has 23 heavy (non-hydrogen) atoms. The minimum Gasteiger partial charge on any atom is -0.489 e. The fraction of sp³-hybridized carbons (Fsp3) is 0.444. The summed E-state index contributed by atoms with van der Waals surface area (Å²) in [5.74, 6) is -0.298. The van der Waals surface area contributed by atoms with Crippen LogP contribution in [0.2, 0.25) is 0 Å². The molecule has 5 heteroatoms. The average Bonchev–Trinajstić information content (AvgIpc) is 3.28. The lowest BCUT2D eigenvalue weighted by atomic mass is 10.0. The number of ether oxygens (including phenoxy) is 1. The number of carboxylic acids is 1. The van der Waals surface area contributed by atoms with Crippen molar-refractivity contribution in [1.82, 2.24) is 4.57 Å². The van der Waals surface area contributed by atoms with Gasteiger partial charge in [0, 0.05) is 22.7 Å². The molecule has 1 aromatic carbocycles. The molecule has 1 aromatic heterocycles. The van der Waals surface area contributed by atoms with E-state index >= 15 is 0 Å². The maximum atomic E-state index is 12.8. The fourth-order valence-corrected chi connectivity index (χ4v) is 3.09. The third-order valence-electron chi connectivity index (χ3n) is 4.16. The van der Waals surface area contributed by atoms with Gasteiger partial charge in [-0.2, -0.15) is 0 Å². The van der Waals surface area contributed by atoms with Crippen LogP contribution in [0.15, 0.2) is 23.0 Å². The van der Waals surface area contributed by atoms with Crippen molar-refractivity contribution in [3.05, 3.63) is 39.7 Å². The van der Waals surface area contributed by atoms with Gasteiger partial charge in [-0.3, -0.25) is 9.59 Å². The monoisotopic (exact) mass is 315 g/mol. The van der Waals surface area contributed by atoms with Crippen molar-refractivity contribution >= 4 is 16.9 Å². The molecular formula is C18H21NO4. The number of pyridine rings is 1. The number of para-hydroxylation sites is 1. The van der Waals surface area contributed by atoms with Crippen LogP contribution in [0.1, 0.15) is 44.0 Å². The molecule has 1 aliphatic rings. The van der Waals surface area contributed by atoms with Gasteiger partial charge in [0.2, 0.25) is 0 Å². The molecule has 3 rings (SSSR count). The van der Waals surface area contributed by atoms with E-state index in [-0.39, 0.29) is 18.0 Å².